The first kappa shape index (κ1) is 17.3. The maximum atomic E-state index is 13.1. The number of imidazole rings is 1. The van der Waals surface area contributed by atoms with Crippen LogP contribution in [0, 0.1) is 0 Å². The molecule has 0 radical (unpaired) electrons. The molecule has 6 heteroatoms. The van der Waals surface area contributed by atoms with Crippen LogP contribution in [0.15, 0.2) is 54.6 Å². The van der Waals surface area contributed by atoms with Gasteiger partial charge in [0.1, 0.15) is 17.3 Å². The minimum atomic E-state index is -0.0654. The van der Waals surface area contributed by atoms with E-state index in [0.29, 0.717) is 49.2 Å². The van der Waals surface area contributed by atoms with Crippen molar-refractivity contribution >= 4 is 11.6 Å². The molecular formula is C21H21N3O3. The largest absolute Gasteiger partial charge is 0.497 e. The molecule has 1 saturated heterocycles. The zero-order chi connectivity index (χ0) is 18.6. The molecule has 2 aromatic carbocycles. The van der Waals surface area contributed by atoms with Crippen LogP contribution in [0.3, 0.4) is 0 Å². The van der Waals surface area contributed by atoms with Crippen LogP contribution < -0.4 is 9.64 Å². The Bertz CT molecular complexity index is 914. The number of hydrogen-bond acceptors (Lipinski definition) is 5. The summed E-state index contributed by atoms with van der Waals surface area (Å²) in [6.07, 6.45) is 0. The number of aromatic amines is 1. The van der Waals surface area contributed by atoms with Crippen LogP contribution in [0.1, 0.15) is 16.1 Å². The Balaban J connectivity index is 1.75. The molecule has 27 heavy (non-hydrogen) atoms. The van der Waals surface area contributed by atoms with Gasteiger partial charge < -0.3 is 19.4 Å². The first-order chi connectivity index (χ1) is 13.3. The Morgan fingerprint density at radius 3 is 2.44 bits per heavy atom. The van der Waals surface area contributed by atoms with Crippen LogP contribution in [0.25, 0.3) is 11.4 Å². The lowest BCUT2D eigenvalue weighted by Gasteiger charge is -2.27. The van der Waals surface area contributed by atoms with Gasteiger partial charge in [0.05, 0.1) is 20.3 Å². The van der Waals surface area contributed by atoms with E-state index in [1.165, 1.54) is 0 Å². The van der Waals surface area contributed by atoms with E-state index < -0.39 is 0 Å². The molecule has 0 atom stereocenters. The van der Waals surface area contributed by atoms with Crippen LogP contribution in [0.5, 0.6) is 5.75 Å². The first-order valence-corrected chi connectivity index (χ1v) is 8.93. The van der Waals surface area contributed by atoms with Crippen molar-refractivity contribution in [3.63, 3.8) is 0 Å². The number of carbonyl (C=O) groups excluding carboxylic acids is 1. The standard InChI is InChI=1S/C21H21N3O3/c1-26-17-9-7-16(8-10-17)20-22-18(19(25)15-5-3-2-4-6-15)21(23-20)24-11-13-27-14-12-24/h2-10H,11-14H2,1H3,(H,22,23). The number of ketones is 1. The van der Waals surface area contributed by atoms with E-state index in [9.17, 15) is 4.79 Å². The van der Waals surface area contributed by atoms with E-state index in [-0.39, 0.29) is 5.78 Å². The fourth-order valence-electron chi connectivity index (χ4n) is 3.15. The van der Waals surface area contributed by atoms with Crippen molar-refractivity contribution in [2.45, 2.75) is 0 Å². The number of nitrogens with one attached hydrogen (secondary N) is 1. The van der Waals surface area contributed by atoms with Gasteiger partial charge in [-0.05, 0) is 24.3 Å². The number of methoxy groups -OCH3 is 1. The Labute approximate surface area is 157 Å². The summed E-state index contributed by atoms with van der Waals surface area (Å²) in [5.74, 6) is 2.06. The fraction of sp³-hybridized carbons (Fsp3) is 0.238. The summed E-state index contributed by atoms with van der Waals surface area (Å²) >= 11 is 0. The third-order valence-corrected chi connectivity index (χ3v) is 4.62. The van der Waals surface area contributed by atoms with E-state index in [1.54, 1.807) is 7.11 Å². The summed E-state index contributed by atoms with van der Waals surface area (Å²) in [5.41, 5.74) is 2.04. The van der Waals surface area contributed by atoms with Crippen molar-refractivity contribution < 1.29 is 14.3 Å². The van der Waals surface area contributed by atoms with Gasteiger partial charge >= 0.3 is 0 Å². The van der Waals surface area contributed by atoms with Gasteiger partial charge in [0.15, 0.2) is 5.82 Å². The number of nitrogens with zero attached hydrogens (tertiary/aromatic N) is 2. The molecule has 0 saturated carbocycles. The molecule has 1 aliphatic rings. The van der Waals surface area contributed by atoms with Gasteiger partial charge in [0, 0.05) is 24.2 Å². The van der Waals surface area contributed by atoms with Gasteiger partial charge in [-0.25, -0.2) is 4.98 Å². The van der Waals surface area contributed by atoms with Crippen molar-refractivity contribution in [2.24, 2.45) is 0 Å². The molecule has 4 rings (SSSR count). The maximum Gasteiger partial charge on any atom is 0.213 e. The molecule has 2 heterocycles. The minimum absolute atomic E-state index is 0.0654. The molecule has 1 aromatic heterocycles. The number of morpholine rings is 1. The lowest BCUT2D eigenvalue weighted by atomic mass is 10.1. The number of hydrogen-bond donors (Lipinski definition) is 1. The minimum Gasteiger partial charge on any atom is -0.497 e. The molecule has 3 aromatic rings. The molecule has 0 aliphatic carbocycles. The highest BCUT2D eigenvalue weighted by molar-refractivity contribution is 6.11. The van der Waals surface area contributed by atoms with Gasteiger partial charge in [0.2, 0.25) is 5.78 Å². The van der Waals surface area contributed by atoms with Crippen LogP contribution in [0.4, 0.5) is 5.82 Å². The van der Waals surface area contributed by atoms with Crippen LogP contribution in [-0.2, 0) is 4.74 Å². The number of anilines is 1. The number of carbonyl (C=O) groups is 1. The lowest BCUT2D eigenvalue weighted by molar-refractivity contribution is 0.103. The van der Waals surface area contributed by atoms with Crippen molar-refractivity contribution in [3.8, 4) is 17.1 Å². The molecule has 1 aliphatic heterocycles. The summed E-state index contributed by atoms with van der Waals surface area (Å²) in [7, 11) is 1.63. The molecule has 138 valence electrons. The van der Waals surface area contributed by atoms with E-state index in [4.69, 9.17) is 14.5 Å². The highest BCUT2D eigenvalue weighted by atomic mass is 16.5. The Kier molecular flexibility index (Phi) is 4.89. The highest BCUT2D eigenvalue weighted by Crippen LogP contribution is 2.28. The quantitative estimate of drug-likeness (QED) is 0.706. The molecule has 1 fully saturated rings. The van der Waals surface area contributed by atoms with Gasteiger partial charge in [0.25, 0.3) is 0 Å². The number of aromatic nitrogens is 2. The summed E-state index contributed by atoms with van der Waals surface area (Å²) in [5, 5.41) is 0. The van der Waals surface area contributed by atoms with Gasteiger partial charge in [-0.3, -0.25) is 4.79 Å². The van der Waals surface area contributed by atoms with E-state index in [1.807, 2.05) is 54.6 Å². The number of benzene rings is 2. The lowest BCUT2D eigenvalue weighted by Crippen LogP contribution is -2.37. The maximum absolute atomic E-state index is 13.1. The summed E-state index contributed by atoms with van der Waals surface area (Å²) in [6, 6.07) is 16.9. The second-order valence-corrected chi connectivity index (χ2v) is 6.31. The fourth-order valence-corrected chi connectivity index (χ4v) is 3.15. The Morgan fingerprint density at radius 2 is 1.78 bits per heavy atom. The van der Waals surface area contributed by atoms with Crippen LogP contribution >= 0.6 is 0 Å². The predicted octanol–water partition coefficient (Wildman–Crippen LogP) is 3.15. The normalized spacial score (nSPS) is 14.2. The monoisotopic (exact) mass is 363 g/mol. The van der Waals surface area contributed by atoms with Crippen molar-refractivity contribution in [1.29, 1.82) is 0 Å². The van der Waals surface area contributed by atoms with Gasteiger partial charge in [-0.2, -0.15) is 0 Å². The van der Waals surface area contributed by atoms with E-state index in [0.717, 1.165) is 11.3 Å². The summed E-state index contributed by atoms with van der Waals surface area (Å²) < 4.78 is 10.7. The average Bonchev–Trinajstić information content (AvgIpc) is 3.20. The third kappa shape index (κ3) is 3.57. The highest BCUT2D eigenvalue weighted by Gasteiger charge is 2.25. The first-order valence-electron chi connectivity index (χ1n) is 8.93. The molecule has 0 spiro atoms. The molecular weight excluding hydrogens is 342 g/mol. The molecule has 0 amide bonds. The van der Waals surface area contributed by atoms with Gasteiger partial charge in [-0.15, -0.1) is 0 Å². The average molecular weight is 363 g/mol. The second-order valence-electron chi connectivity index (χ2n) is 6.31. The second kappa shape index (κ2) is 7.63. The Morgan fingerprint density at radius 1 is 1.07 bits per heavy atom. The molecule has 1 N–H and O–H groups in total. The van der Waals surface area contributed by atoms with Crippen molar-refractivity contribution in [3.05, 3.63) is 65.9 Å². The summed E-state index contributed by atoms with van der Waals surface area (Å²) in [4.78, 5) is 23.2. The molecule has 0 bridgehead atoms. The number of ether oxygens (including phenoxy) is 2. The van der Waals surface area contributed by atoms with Gasteiger partial charge in [-0.1, -0.05) is 30.3 Å². The predicted molar refractivity (Wildman–Crippen MR) is 103 cm³/mol. The summed E-state index contributed by atoms with van der Waals surface area (Å²) in [6.45, 7) is 2.68. The topological polar surface area (TPSA) is 67.5 Å². The molecule has 0 unspecified atom stereocenters. The molecule has 6 nitrogen and oxygen atoms in total. The zero-order valence-corrected chi connectivity index (χ0v) is 15.1. The number of rotatable bonds is 5. The van der Waals surface area contributed by atoms with E-state index in [2.05, 4.69) is 9.88 Å². The number of H-pyrrole nitrogens is 1. The Hall–Kier alpha value is -3.12. The van der Waals surface area contributed by atoms with Crippen molar-refractivity contribution in [1.82, 2.24) is 9.97 Å². The van der Waals surface area contributed by atoms with Crippen molar-refractivity contribution in [2.75, 3.05) is 38.3 Å². The van der Waals surface area contributed by atoms with Crippen LogP contribution in [-0.4, -0.2) is 49.2 Å². The van der Waals surface area contributed by atoms with E-state index >= 15 is 0 Å². The van der Waals surface area contributed by atoms with Crippen LogP contribution in [0.2, 0.25) is 0 Å². The smallest absolute Gasteiger partial charge is 0.213 e. The third-order valence-electron chi connectivity index (χ3n) is 4.62. The zero-order valence-electron chi connectivity index (χ0n) is 15.1. The SMILES string of the molecule is COc1ccc(-c2nc(N3CCOCC3)c(C(=O)c3ccccc3)[nH]2)cc1.